The van der Waals surface area contributed by atoms with Gasteiger partial charge in [-0.15, -0.1) is 0 Å². The molecule has 0 spiro atoms. The number of carbonyl (C=O) groups excluding carboxylic acids is 4. The van der Waals surface area contributed by atoms with Gasteiger partial charge in [-0.1, -0.05) is 12.1 Å². The number of Topliss-reactive ketones (excluding diaryl/α,β-unsaturated/α-hetero) is 2. The smallest absolute Gasteiger partial charge is 0.312 e. The molecule has 30 heavy (non-hydrogen) atoms. The van der Waals surface area contributed by atoms with E-state index in [1.165, 1.54) is 0 Å². The summed E-state index contributed by atoms with van der Waals surface area (Å²) in [5.41, 5.74) is 7.42. The second-order valence-electron chi connectivity index (χ2n) is 8.41. The zero-order chi connectivity index (χ0) is 21.9. The minimum Gasteiger partial charge on any atom is -0.466 e. The normalized spacial score (nSPS) is 18.6. The molecule has 2 aliphatic rings. The summed E-state index contributed by atoms with van der Waals surface area (Å²) in [6, 6.07) is 4.85. The Morgan fingerprint density at radius 1 is 1.17 bits per heavy atom. The largest absolute Gasteiger partial charge is 0.466 e. The van der Waals surface area contributed by atoms with E-state index in [1.54, 1.807) is 24.8 Å². The van der Waals surface area contributed by atoms with Gasteiger partial charge in [-0.05, 0) is 50.3 Å². The maximum Gasteiger partial charge on any atom is 0.312 e. The molecule has 1 aliphatic heterocycles. The number of hydrogen-bond acceptors (Lipinski definition) is 6. The van der Waals surface area contributed by atoms with E-state index in [4.69, 9.17) is 10.5 Å². The van der Waals surface area contributed by atoms with E-state index >= 15 is 0 Å². The van der Waals surface area contributed by atoms with E-state index in [2.05, 4.69) is 0 Å². The maximum atomic E-state index is 12.8. The summed E-state index contributed by atoms with van der Waals surface area (Å²) >= 11 is 0. The molecule has 2 N–H and O–H groups in total. The molecule has 1 aliphatic carbocycles. The van der Waals surface area contributed by atoms with Crippen LogP contribution in [0.15, 0.2) is 18.2 Å². The molecule has 1 amide bonds. The Balaban J connectivity index is 1.68. The fourth-order valence-corrected chi connectivity index (χ4v) is 4.40. The van der Waals surface area contributed by atoms with Crippen molar-refractivity contribution in [2.24, 2.45) is 11.1 Å². The quantitative estimate of drug-likeness (QED) is 0.539. The molecule has 0 unspecified atom stereocenters. The Morgan fingerprint density at radius 3 is 2.47 bits per heavy atom. The number of nitrogens with zero attached hydrogens (tertiary/aromatic N) is 1. The Kier molecular flexibility index (Phi) is 6.71. The van der Waals surface area contributed by atoms with Crippen molar-refractivity contribution in [3.8, 4) is 0 Å². The Morgan fingerprint density at radius 2 is 1.83 bits per heavy atom. The van der Waals surface area contributed by atoms with E-state index in [-0.39, 0.29) is 36.5 Å². The molecule has 1 atom stereocenters. The predicted octanol–water partition coefficient (Wildman–Crippen LogP) is 1.84. The number of nitrogens with two attached hydrogens (primary N) is 1. The summed E-state index contributed by atoms with van der Waals surface area (Å²) < 4.78 is 5.32. The van der Waals surface area contributed by atoms with Gasteiger partial charge < -0.3 is 15.4 Å². The first-order valence-corrected chi connectivity index (χ1v) is 10.6. The standard InChI is InChI=1S/C23H30N2O5/c1-3-30-22(29)23(8-10-25(11-9-23)21(28)15(2)24)7-6-20(27)17-5-4-16-13-19(26)14-18(16)12-17/h4-5,12,15H,3,6-11,13-14,24H2,1-2H3/t15-/m0/s1. The van der Waals surface area contributed by atoms with Crippen LogP contribution in [0.5, 0.6) is 0 Å². The second-order valence-corrected chi connectivity index (χ2v) is 8.41. The molecular weight excluding hydrogens is 384 g/mol. The summed E-state index contributed by atoms with van der Waals surface area (Å²) in [6.45, 7) is 4.54. The van der Waals surface area contributed by atoms with Gasteiger partial charge in [0.05, 0.1) is 18.1 Å². The predicted molar refractivity (Wildman–Crippen MR) is 111 cm³/mol. The lowest BCUT2D eigenvalue weighted by molar-refractivity contribution is -0.161. The topological polar surface area (TPSA) is 107 Å². The van der Waals surface area contributed by atoms with Crippen LogP contribution in [-0.4, -0.2) is 54.1 Å². The van der Waals surface area contributed by atoms with Gasteiger partial charge in [0.15, 0.2) is 5.78 Å². The number of ether oxygens (including phenoxy) is 1. The third kappa shape index (κ3) is 4.61. The summed E-state index contributed by atoms with van der Waals surface area (Å²) in [6.07, 6.45) is 2.32. The third-order valence-corrected chi connectivity index (χ3v) is 6.26. The molecule has 0 aromatic heterocycles. The fraction of sp³-hybridized carbons (Fsp3) is 0.565. The van der Waals surface area contributed by atoms with Crippen molar-refractivity contribution in [2.45, 2.75) is 58.4 Å². The summed E-state index contributed by atoms with van der Waals surface area (Å²) in [5.74, 6) is -0.305. The fourth-order valence-electron chi connectivity index (χ4n) is 4.40. The summed E-state index contributed by atoms with van der Waals surface area (Å²) in [4.78, 5) is 51.1. The van der Waals surface area contributed by atoms with E-state index in [0.717, 1.165) is 11.1 Å². The van der Waals surface area contributed by atoms with Gasteiger partial charge in [-0.2, -0.15) is 0 Å². The van der Waals surface area contributed by atoms with Gasteiger partial charge in [0.2, 0.25) is 5.91 Å². The second kappa shape index (κ2) is 9.08. The van der Waals surface area contributed by atoms with Gasteiger partial charge in [0.25, 0.3) is 0 Å². The Labute approximate surface area is 176 Å². The maximum absolute atomic E-state index is 12.8. The lowest BCUT2D eigenvalue weighted by Gasteiger charge is -2.40. The minimum atomic E-state index is -0.771. The van der Waals surface area contributed by atoms with Crippen LogP contribution < -0.4 is 5.73 Å². The van der Waals surface area contributed by atoms with E-state index in [1.807, 2.05) is 12.1 Å². The third-order valence-electron chi connectivity index (χ3n) is 6.26. The summed E-state index contributed by atoms with van der Waals surface area (Å²) in [5, 5.41) is 0. The Bertz CT molecular complexity index is 853. The lowest BCUT2D eigenvalue weighted by atomic mass is 9.74. The average molecular weight is 415 g/mol. The molecule has 3 rings (SSSR count). The lowest BCUT2D eigenvalue weighted by Crippen LogP contribution is -2.50. The molecule has 1 fully saturated rings. The SMILES string of the molecule is CCOC(=O)C1(CCC(=O)c2ccc3c(c2)CC(=O)C3)CCN(C(=O)[C@H](C)N)CC1. The molecule has 1 aromatic rings. The number of esters is 1. The zero-order valence-corrected chi connectivity index (χ0v) is 17.7. The van der Waals surface area contributed by atoms with Gasteiger partial charge >= 0.3 is 5.97 Å². The number of ketones is 2. The number of benzene rings is 1. The average Bonchev–Trinajstić information content (AvgIpc) is 3.11. The molecule has 0 bridgehead atoms. The van der Waals surface area contributed by atoms with E-state index in [0.29, 0.717) is 50.8 Å². The van der Waals surface area contributed by atoms with Crippen LogP contribution in [0.1, 0.15) is 61.0 Å². The van der Waals surface area contributed by atoms with Crippen LogP contribution in [0.2, 0.25) is 0 Å². The molecule has 1 heterocycles. The monoisotopic (exact) mass is 414 g/mol. The number of likely N-dealkylation sites (tertiary alicyclic amines) is 1. The van der Waals surface area contributed by atoms with Crippen molar-refractivity contribution in [2.75, 3.05) is 19.7 Å². The molecule has 0 saturated carbocycles. The molecule has 1 saturated heterocycles. The van der Waals surface area contributed by atoms with Crippen LogP contribution in [0.4, 0.5) is 0 Å². The molecule has 7 nitrogen and oxygen atoms in total. The van der Waals surface area contributed by atoms with Crippen molar-refractivity contribution < 1.29 is 23.9 Å². The first kappa shape index (κ1) is 22.2. The van der Waals surface area contributed by atoms with Crippen molar-refractivity contribution >= 4 is 23.4 Å². The zero-order valence-electron chi connectivity index (χ0n) is 17.7. The van der Waals surface area contributed by atoms with Gasteiger partial charge in [0, 0.05) is 37.9 Å². The van der Waals surface area contributed by atoms with Crippen molar-refractivity contribution in [3.63, 3.8) is 0 Å². The number of hydrogen-bond donors (Lipinski definition) is 1. The van der Waals surface area contributed by atoms with Crippen LogP contribution in [-0.2, 0) is 32.0 Å². The van der Waals surface area contributed by atoms with E-state index < -0.39 is 11.5 Å². The van der Waals surface area contributed by atoms with E-state index in [9.17, 15) is 19.2 Å². The Hall–Kier alpha value is -2.54. The highest BCUT2D eigenvalue weighted by Gasteiger charge is 2.43. The van der Waals surface area contributed by atoms with Crippen molar-refractivity contribution in [1.29, 1.82) is 0 Å². The molecule has 162 valence electrons. The van der Waals surface area contributed by atoms with Gasteiger partial charge in [0.1, 0.15) is 5.78 Å². The molecule has 7 heteroatoms. The number of piperidine rings is 1. The van der Waals surface area contributed by atoms with Gasteiger partial charge in [-0.25, -0.2) is 0 Å². The highest BCUT2D eigenvalue weighted by atomic mass is 16.5. The number of amides is 1. The van der Waals surface area contributed by atoms with Crippen LogP contribution in [0, 0.1) is 5.41 Å². The van der Waals surface area contributed by atoms with Gasteiger partial charge in [-0.3, -0.25) is 19.2 Å². The highest BCUT2D eigenvalue weighted by molar-refractivity contribution is 5.98. The molecule has 1 aromatic carbocycles. The van der Waals surface area contributed by atoms with Crippen LogP contribution in [0.3, 0.4) is 0 Å². The molecular formula is C23H30N2O5. The van der Waals surface area contributed by atoms with Crippen molar-refractivity contribution in [1.82, 2.24) is 4.90 Å². The van der Waals surface area contributed by atoms with Crippen molar-refractivity contribution in [3.05, 3.63) is 34.9 Å². The number of fused-ring (bicyclic) bond motifs is 1. The molecule has 0 radical (unpaired) electrons. The minimum absolute atomic E-state index is 0.0464. The number of carbonyl (C=O) groups is 4. The number of rotatable bonds is 7. The highest BCUT2D eigenvalue weighted by Crippen LogP contribution is 2.38. The van der Waals surface area contributed by atoms with Crippen LogP contribution >= 0.6 is 0 Å². The van der Waals surface area contributed by atoms with Crippen LogP contribution in [0.25, 0.3) is 0 Å². The summed E-state index contributed by atoms with van der Waals surface area (Å²) in [7, 11) is 0. The first-order valence-electron chi connectivity index (χ1n) is 10.6. The first-order chi connectivity index (χ1) is 14.3.